The Labute approximate surface area is 150 Å². The lowest BCUT2D eigenvalue weighted by Gasteiger charge is -2.32. The van der Waals surface area contributed by atoms with Gasteiger partial charge in [0.05, 0.1) is 11.4 Å². The topological polar surface area (TPSA) is 59.5 Å². The average Bonchev–Trinajstić information content (AvgIpc) is 2.99. The van der Waals surface area contributed by atoms with Crippen LogP contribution in [-0.2, 0) is 6.54 Å². The van der Waals surface area contributed by atoms with Gasteiger partial charge in [0.1, 0.15) is 17.5 Å². The zero-order valence-corrected chi connectivity index (χ0v) is 14.6. The Morgan fingerprint density at radius 2 is 2.08 bits per heavy atom. The molecule has 136 valence electrons. The Morgan fingerprint density at radius 1 is 1.23 bits per heavy atom. The van der Waals surface area contributed by atoms with Gasteiger partial charge in [-0.2, -0.15) is 9.61 Å². The van der Waals surface area contributed by atoms with Crippen molar-refractivity contribution in [2.24, 2.45) is 0 Å². The Hall–Kier alpha value is -2.54. The quantitative estimate of drug-likeness (QED) is 0.782. The van der Waals surface area contributed by atoms with E-state index in [-0.39, 0.29) is 5.92 Å². The van der Waals surface area contributed by atoms with Crippen molar-refractivity contribution in [3.05, 3.63) is 58.9 Å². The molecular formula is C19H21F2N5. The largest absolute Gasteiger partial charge is 0.384 e. The highest BCUT2D eigenvalue weighted by Gasteiger charge is 2.24. The number of piperidine rings is 1. The summed E-state index contributed by atoms with van der Waals surface area (Å²) < 4.78 is 28.7. The summed E-state index contributed by atoms with van der Waals surface area (Å²) in [5.41, 5.74) is 9.21. The van der Waals surface area contributed by atoms with E-state index < -0.39 is 11.6 Å². The highest BCUT2D eigenvalue weighted by molar-refractivity contribution is 5.48. The second-order valence-corrected chi connectivity index (χ2v) is 6.97. The van der Waals surface area contributed by atoms with Crippen molar-refractivity contribution in [1.29, 1.82) is 0 Å². The number of nitrogens with two attached hydrogens (primary N) is 1. The molecule has 3 heterocycles. The minimum Gasteiger partial charge on any atom is -0.384 e. The van der Waals surface area contributed by atoms with Gasteiger partial charge in [-0.1, -0.05) is 6.07 Å². The van der Waals surface area contributed by atoms with Gasteiger partial charge in [0.2, 0.25) is 0 Å². The number of rotatable bonds is 3. The third kappa shape index (κ3) is 3.26. The van der Waals surface area contributed by atoms with Crippen LogP contribution < -0.4 is 5.73 Å². The van der Waals surface area contributed by atoms with Gasteiger partial charge in [0.25, 0.3) is 0 Å². The van der Waals surface area contributed by atoms with E-state index in [1.807, 2.05) is 19.1 Å². The number of anilines is 1. The zero-order valence-electron chi connectivity index (χ0n) is 14.6. The Balaban J connectivity index is 1.55. The summed E-state index contributed by atoms with van der Waals surface area (Å²) in [5, 5.41) is 4.33. The van der Waals surface area contributed by atoms with Gasteiger partial charge in [0.15, 0.2) is 5.65 Å². The molecule has 1 fully saturated rings. The number of aromatic nitrogens is 3. The Bertz CT molecular complexity index is 952. The summed E-state index contributed by atoms with van der Waals surface area (Å²) in [4.78, 5) is 6.91. The fourth-order valence-corrected chi connectivity index (χ4v) is 3.67. The van der Waals surface area contributed by atoms with Gasteiger partial charge in [-0.15, -0.1) is 0 Å². The molecule has 0 bridgehead atoms. The van der Waals surface area contributed by atoms with E-state index in [4.69, 9.17) is 10.7 Å². The van der Waals surface area contributed by atoms with Crippen LogP contribution >= 0.6 is 0 Å². The first-order valence-corrected chi connectivity index (χ1v) is 8.78. The van der Waals surface area contributed by atoms with Crippen LogP contribution in [0.5, 0.6) is 0 Å². The molecule has 3 aromatic rings. The van der Waals surface area contributed by atoms with Gasteiger partial charge in [0, 0.05) is 42.8 Å². The first kappa shape index (κ1) is 16.9. The first-order valence-electron chi connectivity index (χ1n) is 8.78. The maximum Gasteiger partial charge on any atom is 0.157 e. The van der Waals surface area contributed by atoms with Crippen molar-refractivity contribution in [2.45, 2.75) is 32.2 Å². The summed E-state index contributed by atoms with van der Waals surface area (Å²) in [6, 6.07) is 7.55. The van der Waals surface area contributed by atoms with Crippen LogP contribution in [0.4, 0.5) is 14.6 Å². The molecule has 26 heavy (non-hydrogen) atoms. The van der Waals surface area contributed by atoms with E-state index in [2.05, 4.69) is 10.00 Å². The molecule has 1 atom stereocenters. The number of benzene rings is 1. The second-order valence-electron chi connectivity index (χ2n) is 6.97. The predicted octanol–water partition coefficient (Wildman–Crippen LogP) is 3.28. The zero-order chi connectivity index (χ0) is 18.3. The third-order valence-electron chi connectivity index (χ3n) is 4.93. The molecule has 1 aliphatic rings. The molecule has 0 amide bonds. The predicted molar refractivity (Wildman–Crippen MR) is 95.7 cm³/mol. The maximum absolute atomic E-state index is 14.0. The molecule has 0 aliphatic carbocycles. The van der Waals surface area contributed by atoms with Gasteiger partial charge >= 0.3 is 0 Å². The molecule has 7 heteroatoms. The normalized spacial score (nSPS) is 18.5. The highest BCUT2D eigenvalue weighted by atomic mass is 19.1. The smallest absolute Gasteiger partial charge is 0.157 e. The van der Waals surface area contributed by atoms with Gasteiger partial charge in [-0.25, -0.2) is 13.8 Å². The van der Waals surface area contributed by atoms with Crippen LogP contribution in [0.2, 0.25) is 0 Å². The molecule has 1 aliphatic heterocycles. The van der Waals surface area contributed by atoms with Crippen molar-refractivity contribution in [3.8, 4) is 0 Å². The summed E-state index contributed by atoms with van der Waals surface area (Å²) in [7, 11) is 0. The SMILES string of the molecule is Cc1cc2nc([C@H]3CCCN(Cc4ccc(F)cc4F)C3)cc(N)n2n1. The number of hydrogen-bond acceptors (Lipinski definition) is 4. The third-order valence-corrected chi connectivity index (χ3v) is 4.93. The Kier molecular flexibility index (Phi) is 4.32. The number of hydrogen-bond donors (Lipinski definition) is 1. The van der Waals surface area contributed by atoms with Crippen LogP contribution in [0.15, 0.2) is 30.3 Å². The van der Waals surface area contributed by atoms with Gasteiger partial charge < -0.3 is 5.73 Å². The van der Waals surface area contributed by atoms with E-state index in [9.17, 15) is 8.78 Å². The lowest BCUT2D eigenvalue weighted by atomic mass is 9.94. The molecular weight excluding hydrogens is 336 g/mol. The van der Waals surface area contributed by atoms with Gasteiger partial charge in [-0.05, 0) is 32.4 Å². The molecule has 1 aromatic carbocycles. The fourth-order valence-electron chi connectivity index (χ4n) is 3.67. The lowest BCUT2D eigenvalue weighted by Crippen LogP contribution is -2.34. The van der Waals surface area contributed by atoms with Crippen molar-refractivity contribution >= 4 is 11.5 Å². The molecule has 0 unspecified atom stereocenters. The van der Waals surface area contributed by atoms with Crippen LogP contribution in [0.25, 0.3) is 5.65 Å². The van der Waals surface area contributed by atoms with Crippen molar-refractivity contribution in [1.82, 2.24) is 19.5 Å². The maximum atomic E-state index is 14.0. The summed E-state index contributed by atoms with van der Waals surface area (Å²) >= 11 is 0. The summed E-state index contributed by atoms with van der Waals surface area (Å²) in [5.74, 6) is -0.243. The Morgan fingerprint density at radius 3 is 2.88 bits per heavy atom. The van der Waals surface area contributed by atoms with Crippen LogP contribution in [0, 0.1) is 18.6 Å². The number of halogens is 2. The van der Waals surface area contributed by atoms with Gasteiger partial charge in [-0.3, -0.25) is 4.90 Å². The molecule has 0 saturated carbocycles. The molecule has 5 nitrogen and oxygen atoms in total. The number of fused-ring (bicyclic) bond motifs is 1. The number of aryl methyl sites for hydroxylation is 1. The van der Waals surface area contributed by atoms with Crippen LogP contribution in [0.1, 0.15) is 35.7 Å². The van der Waals surface area contributed by atoms with Crippen molar-refractivity contribution < 1.29 is 8.78 Å². The molecule has 1 saturated heterocycles. The number of likely N-dealkylation sites (tertiary alicyclic amines) is 1. The van der Waals surface area contributed by atoms with Crippen molar-refractivity contribution in [3.63, 3.8) is 0 Å². The monoisotopic (exact) mass is 357 g/mol. The molecule has 4 rings (SSSR count). The summed E-state index contributed by atoms with van der Waals surface area (Å²) in [6.45, 7) is 4.03. The molecule has 2 N–H and O–H groups in total. The molecule has 0 spiro atoms. The minimum absolute atomic E-state index is 0.231. The number of nitrogens with zero attached hydrogens (tertiary/aromatic N) is 4. The van der Waals surface area contributed by atoms with E-state index in [1.165, 1.54) is 12.1 Å². The lowest BCUT2D eigenvalue weighted by molar-refractivity contribution is 0.196. The molecule has 2 aromatic heterocycles. The second kappa shape index (κ2) is 6.64. The average molecular weight is 357 g/mol. The van der Waals surface area contributed by atoms with E-state index >= 15 is 0 Å². The highest BCUT2D eigenvalue weighted by Crippen LogP contribution is 2.28. The van der Waals surface area contributed by atoms with E-state index in [1.54, 1.807) is 4.52 Å². The van der Waals surface area contributed by atoms with E-state index in [0.29, 0.717) is 17.9 Å². The number of nitrogen functional groups attached to an aromatic ring is 1. The fraction of sp³-hybridized carbons (Fsp3) is 0.368. The van der Waals surface area contributed by atoms with Crippen LogP contribution in [0.3, 0.4) is 0 Å². The van der Waals surface area contributed by atoms with Crippen LogP contribution in [-0.4, -0.2) is 32.6 Å². The summed E-state index contributed by atoms with van der Waals surface area (Å²) in [6.07, 6.45) is 2.01. The van der Waals surface area contributed by atoms with Crippen molar-refractivity contribution in [2.75, 3.05) is 18.8 Å². The van der Waals surface area contributed by atoms with E-state index in [0.717, 1.165) is 49.0 Å². The minimum atomic E-state index is -0.549. The standard InChI is InChI=1S/C19H21F2N5/c1-12-7-19-23-17(9-18(22)26(19)24-12)14-3-2-6-25(11-14)10-13-4-5-15(20)8-16(13)21/h4-5,7-9,14H,2-3,6,10-11,22H2,1H3/t14-/m0/s1. The molecule has 0 radical (unpaired) electrons. The first-order chi connectivity index (χ1) is 12.5.